The van der Waals surface area contributed by atoms with Crippen molar-refractivity contribution in [1.82, 2.24) is 14.5 Å². The molecule has 1 aromatic rings. The van der Waals surface area contributed by atoms with E-state index in [4.69, 9.17) is 0 Å². The van der Waals surface area contributed by atoms with Crippen LogP contribution in [0, 0.1) is 5.41 Å². The maximum absolute atomic E-state index is 9.21. The molecular weight excluding hydrogens is 206 g/mol. The van der Waals surface area contributed by atoms with Gasteiger partial charge < -0.3 is 14.8 Å². The summed E-state index contributed by atoms with van der Waals surface area (Å²) in [4.78, 5) is 6.12. The zero-order chi connectivity index (χ0) is 12.2. The van der Waals surface area contributed by atoms with Crippen molar-refractivity contribution in [3.05, 3.63) is 18.2 Å². The van der Waals surface area contributed by atoms with Crippen molar-refractivity contribution in [3.8, 4) is 0 Å². The summed E-state index contributed by atoms with van der Waals surface area (Å²) < 4.78 is 1.96. The lowest BCUT2D eigenvalue weighted by molar-refractivity contribution is 0.0397. The second-order valence-corrected chi connectivity index (χ2v) is 4.80. The molecule has 5 heteroatoms. The summed E-state index contributed by atoms with van der Waals surface area (Å²) in [6.07, 6.45) is 3.59. The number of rotatable bonds is 6. The lowest BCUT2D eigenvalue weighted by atomic mass is 9.92. The highest BCUT2D eigenvalue weighted by molar-refractivity contribution is 4.97. The van der Waals surface area contributed by atoms with E-state index in [2.05, 4.69) is 9.88 Å². The summed E-state index contributed by atoms with van der Waals surface area (Å²) in [7, 11) is 3.92. The van der Waals surface area contributed by atoms with E-state index in [1.165, 1.54) is 0 Å². The Morgan fingerprint density at radius 1 is 1.44 bits per heavy atom. The molecule has 0 bridgehead atoms. The summed E-state index contributed by atoms with van der Waals surface area (Å²) in [5, 5.41) is 18.4. The maximum atomic E-state index is 9.21. The van der Waals surface area contributed by atoms with Crippen LogP contribution in [0.3, 0.4) is 0 Å². The van der Waals surface area contributed by atoms with E-state index in [9.17, 15) is 10.2 Å². The van der Waals surface area contributed by atoms with Gasteiger partial charge in [-0.2, -0.15) is 0 Å². The van der Waals surface area contributed by atoms with E-state index >= 15 is 0 Å². The molecule has 92 valence electrons. The number of aromatic nitrogens is 2. The fraction of sp³-hybridized carbons (Fsp3) is 0.727. The molecule has 1 aromatic heterocycles. The van der Waals surface area contributed by atoms with E-state index in [1.54, 1.807) is 6.33 Å². The largest absolute Gasteiger partial charge is 0.396 e. The Kier molecular flexibility index (Phi) is 4.46. The van der Waals surface area contributed by atoms with Gasteiger partial charge in [0.05, 0.1) is 25.2 Å². The van der Waals surface area contributed by atoms with Crippen molar-refractivity contribution in [3.63, 3.8) is 0 Å². The van der Waals surface area contributed by atoms with Gasteiger partial charge in [-0.3, -0.25) is 4.90 Å². The standard InChI is InChI=1S/C11H21N3O2/c1-11(7-15,8-16)6-13(2)5-10-4-12-9-14(10)3/h4,9,15-16H,5-8H2,1-3H3. The molecule has 1 rings (SSSR count). The first kappa shape index (κ1) is 13.2. The Balaban J connectivity index is 2.53. The van der Waals surface area contributed by atoms with Crippen LogP contribution in [0.5, 0.6) is 0 Å². The molecule has 1 heterocycles. The van der Waals surface area contributed by atoms with Crippen molar-refractivity contribution >= 4 is 0 Å². The fourth-order valence-electron chi connectivity index (χ4n) is 1.67. The molecule has 0 aliphatic heterocycles. The second-order valence-electron chi connectivity index (χ2n) is 4.80. The number of aryl methyl sites for hydroxylation is 1. The SMILES string of the molecule is CN(Cc1cncn1C)CC(C)(CO)CO. The molecule has 5 nitrogen and oxygen atoms in total. The average molecular weight is 227 g/mol. The highest BCUT2D eigenvalue weighted by atomic mass is 16.3. The first-order valence-corrected chi connectivity index (χ1v) is 5.36. The van der Waals surface area contributed by atoms with Crippen molar-refractivity contribution in [2.24, 2.45) is 12.5 Å². The van der Waals surface area contributed by atoms with Crippen LogP contribution >= 0.6 is 0 Å². The molecule has 0 fully saturated rings. The van der Waals surface area contributed by atoms with Crippen LogP contribution in [0.2, 0.25) is 0 Å². The van der Waals surface area contributed by atoms with Gasteiger partial charge >= 0.3 is 0 Å². The van der Waals surface area contributed by atoms with Crippen LogP contribution in [-0.2, 0) is 13.6 Å². The van der Waals surface area contributed by atoms with E-state index in [0.717, 1.165) is 12.2 Å². The summed E-state index contributed by atoms with van der Waals surface area (Å²) >= 11 is 0. The Morgan fingerprint density at radius 3 is 2.50 bits per heavy atom. The molecule has 2 N–H and O–H groups in total. The van der Waals surface area contributed by atoms with E-state index in [-0.39, 0.29) is 13.2 Å². The summed E-state index contributed by atoms with van der Waals surface area (Å²) in [5.74, 6) is 0. The van der Waals surface area contributed by atoms with Gasteiger partial charge in [-0.05, 0) is 7.05 Å². The minimum Gasteiger partial charge on any atom is -0.396 e. The van der Waals surface area contributed by atoms with E-state index in [1.807, 2.05) is 31.8 Å². The maximum Gasteiger partial charge on any atom is 0.0945 e. The van der Waals surface area contributed by atoms with Crippen LogP contribution in [-0.4, -0.2) is 51.5 Å². The van der Waals surface area contributed by atoms with Crippen LogP contribution in [0.25, 0.3) is 0 Å². The third-order valence-electron chi connectivity index (χ3n) is 2.76. The minimum absolute atomic E-state index is 0.0147. The Bertz CT molecular complexity index is 321. The first-order chi connectivity index (χ1) is 7.50. The molecule has 0 spiro atoms. The normalized spacial score (nSPS) is 12.4. The van der Waals surface area contributed by atoms with Crippen LogP contribution in [0.15, 0.2) is 12.5 Å². The molecule has 0 radical (unpaired) electrons. The quantitative estimate of drug-likeness (QED) is 0.709. The molecule has 0 aliphatic rings. The molecule has 0 amide bonds. The van der Waals surface area contributed by atoms with E-state index < -0.39 is 5.41 Å². The third-order valence-corrected chi connectivity index (χ3v) is 2.76. The fourth-order valence-corrected chi connectivity index (χ4v) is 1.67. The number of nitrogens with zero attached hydrogens (tertiary/aromatic N) is 3. The highest BCUT2D eigenvalue weighted by Crippen LogP contribution is 2.16. The predicted octanol–water partition coefficient (Wildman–Crippen LogP) is -0.157. The number of hydrogen-bond acceptors (Lipinski definition) is 4. The van der Waals surface area contributed by atoms with Crippen molar-refractivity contribution in [2.75, 3.05) is 26.8 Å². The molecule has 0 unspecified atom stereocenters. The Morgan fingerprint density at radius 2 is 2.06 bits per heavy atom. The molecule has 0 aromatic carbocycles. The zero-order valence-corrected chi connectivity index (χ0v) is 10.2. The minimum atomic E-state index is -0.451. The van der Waals surface area contributed by atoms with Gasteiger partial charge in [-0.1, -0.05) is 6.92 Å². The van der Waals surface area contributed by atoms with Crippen LogP contribution in [0.1, 0.15) is 12.6 Å². The number of imidazole rings is 1. The molecule has 0 aliphatic carbocycles. The second kappa shape index (κ2) is 5.43. The molecule has 0 saturated heterocycles. The van der Waals surface area contributed by atoms with Gasteiger partial charge in [0.2, 0.25) is 0 Å². The highest BCUT2D eigenvalue weighted by Gasteiger charge is 2.24. The van der Waals surface area contributed by atoms with E-state index in [0.29, 0.717) is 6.54 Å². The van der Waals surface area contributed by atoms with Crippen LogP contribution in [0.4, 0.5) is 0 Å². The van der Waals surface area contributed by atoms with Gasteiger partial charge in [0.15, 0.2) is 0 Å². The van der Waals surface area contributed by atoms with Crippen molar-refractivity contribution < 1.29 is 10.2 Å². The predicted molar refractivity (Wildman–Crippen MR) is 61.8 cm³/mol. The first-order valence-electron chi connectivity index (χ1n) is 5.36. The molecule has 16 heavy (non-hydrogen) atoms. The Labute approximate surface area is 96.3 Å². The van der Waals surface area contributed by atoms with Gasteiger partial charge in [-0.25, -0.2) is 4.98 Å². The molecule has 0 saturated carbocycles. The summed E-state index contributed by atoms with van der Waals surface area (Å²) in [6, 6.07) is 0. The molecular formula is C11H21N3O2. The van der Waals surface area contributed by atoms with Crippen LogP contribution < -0.4 is 0 Å². The van der Waals surface area contributed by atoms with Gasteiger partial charge in [0.25, 0.3) is 0 Å². The Hall–Kier alpha value is -0.910. The lowest BCUT2D eigenvalue weighted by Gasteiger charge is -2.30. The van der Waals surface area contributed by atoms with Gasteiger partial charge in [0, 0.05) is 31.7 Å². The number of aliphatic hydroxyl groups excluding tert-OH is 2. The summed E-state index contributed by atoms with van der Waals surface area (Å²) in [6.45, 7) is 3.24. The molecule has 0 atom stereocenters. The lowest BCUT2D eigenvalue weighted by Crippen LogP contribution is -2.38. The van der Waals surface area contributed by atoms with Crippen molar-refractivity contribution in [1.29, 1.82) is 0 Å². The average Bonchev–Trinajstić information content (AvgIpc) is 2.64. The van der Waals surface area contributed by atoms with Gasteiger partial charge in [-0.15, -0.1) is 0 Å². The van der Waals surface area contributed by atoms with Gasteiger partial charge in [0.1, 0.15) is 0 Å². The smallest absolute Gasteiger partial charge is 0.0945 e. The number of aliphatic hydroxyl groups is 2. The zero-order valence-electron chi connectivity index (χ0n) is 10.2. The monoisotopic (exact) mass is 227 g/mol. The summed E-state index contributed by atoms with van der Waals surface area (Å²) in [5.41, 5.74) is 0.661. The van der Waals surface area contributed by atoms with Crippen molar-refractivity contribution in [2.45, 2.75) is 13.5 Å². The third kappa shape index (κ3) is 3.30. The number of hydrogen-bond donors (Lipinski definition) is 2. The topological polar surface area (TPSA) is 61.5 Å².